The average molecular weight is 480 g/mol. The lowest BCUT2D eigenvalue weighted by Crippen LogP contribution is -2.57. The van der Waals surface area contributed by atoms with E-state index in [-0.39, 0.29) is 29.5 Å². The zero-order chi connectivity index (χ0) is 17.4. The predicted octanol–water partition coefficient (Wildman–Crippen LogP) is 3.09. The maximum Gasteiger partial charge on any atom is 0.191 e. The molecule has 0 saturated carbocycles. The van der Waals surface area contributed by atoms with E-state index in [0.29, 0.717) is 0 Å². The first-order chi connectivity index (χ1) is 11.6. The lowest BCUT2D eigenvalue weighted by molar-refractivity contribution is -0.00501. The van der Waals surface area contributed by atoms with Gasteiger partial charge in [-0.1, -0.05) is 6.92 Å². The molecule has 2 heterocycles. The Bertz CT molecular complexity index is 527. The lowest BCUT2D eigenvalue weighted by Gasteiger charge is -2.43. The van der Waals surface area contributed by atoms with Gasteiger partial charge >= 0.3 is 0 Å². The van der Waals surface area contributed by atoms with Crippen LogP contribution in [0.15, 0.2) is 17.1 Å². The smallest absolute Gasteiger partial charge is 0.191 e. The molecule has 7 heteroatoms. The van der Waals surface area contributed by atoms with Crippen molar-refractivity contribution in [2.24, 2.45) is 4.99 Å². The molecule has 144 valence electrons. The van der Waals surface area contributed by atoms with Crippen LogP contribution in [0.25, 0.3) is 0 Å². The second kappa shape index (κ2) is 11.4. The first-order valence-electron chi connectivity index (χ1n) is 8.94. The number of ether oxygens (including phenoxy) is 1. The van der Waals surface area contributed by atoms with Crippen LogP contribution in [0.1, 0.15) is 36.4 Å². The van der Waals surface area contributed by atoms with Crippen LogP contribution >= 0.6 is 35.3 Å². The third-order valence-electron chi connectivity index (χ3n) is 4.76. The molecule has 1 saturated heterocycles. The van der Waals surface area contributed by atoms with Crippen molar-refractivity contribution in [1.82, 2.24) is 15.5 Å². The third kappa shape index (κ3) is 6.69. The van der Waals surface area contributed by atoms with E-state index >= 15 is 0 Å². The minimum atomic E-state index is 0. The fourth-order valence-electron chi connectivity index (χ4n) is 2.98. The van der Waals surface area contributed by atoms with E-state index in [9.17, 15) is 0 Å². The summed E-state index contributed by atoms with van der Waals surface area (Å²) >= 11 is 1.86. The predicted molar refractivity (Wildman–Crippen MR) is 118 cm³/mol. The summed E-state index contributed by atoms with van der Waals surface area (Å²) < 4.78 is 5.55. The van der Waals surface area contributed by atoms with Crippen molar-refractivity contribution in [2.75, 3.05) is 40.4 Å². The largest absolute Gasteiger partial charge is 0.381 e. The third-order valence-corrected chi connectivity index (χ3v) is 5.97. The first kappa shape index (κ1) is 22.7. The van der Waals surface area contributed by atoms with Gasteiger partial charge in [0.2, 0.25) is 0 Å². The van der Waals surface area contributed by atoms with Crippen LogP contribution < -0.4 is 10.6 Å². The molecular weight excluding hydrogens is 447 g/mol. The number of halogens is 1. The van der Waals surface area contributed by atoms with Crippen molar-refractivity contribution in [3.63, 3.8) is 0 Å². The Morgan fingerprint density at radius 1 is 1.20 bits per heavy atom. The molecule has 2 N–H and O–H groups in total. The van der Waals surface area contributed by atoms with E-state index in [1.165, 1.54) is 9.75 Å². The molecule has 0 unspecified atom stereocenters. The minimum absolute atomic E-state index is 0. The summed E-state index contributed by atoms with van der Waals surface area (Å²) in [7, 11) is 4.32. The number of nitrogens with one attached hydrogen (secondary N) is 2. The normalized spacial score (nSPS) is 17.2. The molecule has 1 aromatic rings. The zero-order valence-corrected chi connectivity index (χ0v) is 19.1. The SMILES string of the molecule is CCNC(=NCc1ccc(CC)s1)NCC1(N(C)C)CCOCC1.I. The Kier molecular flexibility index (Phi) is 10.3. The number of hydrogen-bond acceptors (Lipinski definition) is 4. The van der Waals surface area contributed by atoms with Crippen LogP contribution in [0.4, 0.5) is 0 Å². The molecule has 1 aromatic heterocycles. The van der Waals surface area contributed by atoms with Gasteiger partial charge in [0.05, 0.1) is 6.54 Å². The van der Waals surface area contributed by atoms with Crippen molar-refractivity contribution >= 4 is 41.3 Å². The van der Waals surface area contributed by atoms with Gasteiger partial charge in [0.1, 0.15) is 0 Å². The highest BCUT2D eigenvalue weighted by Crippen LogP contribution is 2.25. The molecule has 5 nitrogen and oxygen atoms in total. The fraction of sp³-hybridized carbons (Fsp3) is 0.722. The zero-order valence-electron chi connectivity index (χ0n) is 15.9. The van der Waals surface area contributed by atoms with Gasteiger partial charge in [0.15, 0.2) is 5.96 Å². The highest BCUT2D eigenvalue weighted by Gasteiger charge is 2.34. The highest BCUT2D eigenvalue weighted by atomic mass is 127. The molecule has 0 atom stereocenters. The number of aliphatic imine (C=N–C) groups is 1. The van der Waals surface area contributed by atoms with Gasteiger partial charge in [-0.25, -0.2) is 4.99 Å². The van der Waals surface area contributed by atoms with Crippen LogP contribution in [-0.4, -0.2) is 56.8 Å². The highest BCUT2D eigenvalue weighted by molar-refractivity contribution is 14.0. The number of hydrogen-bond donors (Lipinski definition) is 2. The first-order valence-corrected chi connectivity index (χ1v) is 9.76. The van der Waals surface area contributed by atoms with E-state index in [1.54, 1.807) is 0 Å². The summed E-state index contributed by atoms with van der Waals surface area (Å²) in [4.78, 5) is 9.83. The molecule has 1 aliphatic rings. The summed E-state index contributed by atoms with van der Waals surface area (Å²) in [6.45, 7) is 8.46. The van der Waals surface area contributed by atoms with Crippen molar-refractivity contribution < 1.29 is 4.74 Å². The Labute approximate surface area is 173 Å². The van der Waals surface area contributed by atoms with E-state index in [0.717, 1.165) is 58.1 Å². The monoisotopic (exact) mass is 480 g/mol. The van der Waals surface area contributed by atoms with Crippen LogP contribution in [0.5, 0.6) is 0 Å². The number of likely N-dealkylation sites (N-methyl/N-ethyl adjacent to an activating group) is 1. The van der Waals surface area contributed by atoms with Gasteiger partial charge in [-0.3, -0.25) is 0 Å². The molecule has 2 rings (SSSR count). The number of rotatable bonds is 7. The standard InChI is InChI=1S/C18H32N4OS.HI/c1-5-15-7-8-16(24-15)13-20-17(19-6-2)21-14-18(22(3)4)9-11-23-12-10-18;/h7-8H,5-6,9-14H2,1-4H3,(H2,19,20,21);1H. The number of nitrogens with zero attached hydrogens (tertiary/aromatic N) is 2. The Morgan fingerprint density at radius 3 is 2.44 bits per heavy atom. The van der Waals surface area contributed by atoms with E-state index in [4.69, 9.17) is 9.73 Å². The summed E-state index contributed by atoms with van der Waals surface area (Å²) in [6.07, 6.45) is 3.20. The van der Waals surface area contributed by atoms with Crippen LogP contribution in [0.2, 0.25) is 0 Å². The number of aryl methyl sites for hydroxylation is 1. The Hall–Kier alpha value is -0.380. The van der Waals surface area contributed by atoms with Crippen molar-refractivity contribution in [1.29, 1.82) is 0 Å². The van der Waals surface area contributed by atoms with Crippen molar-refractivity contribution in [3.8, 4) is 0 Å². The molecular formula is C18H33IN4OS. The quantitative estimate of drug-likeness (QED) is 0.358. The van der Waals surface area contributed by atoms with E-state index < -0.39 is 0 Å². The summed E-state index contributed by atoms with van der Waals surface area (Å²) in [5.74, 6) is 0.900. The molecule has 0 aromatic carbocycles. The minimum Gasteiger partial charge on any atom is -0.381 e. The van der Waals surface area contributed by atoms with E-state index in [1.807, 2.05) is 11.3 Å². The Morgan fingerprint density at radius 2 is 1.88 bits per heavy atom. The molecule has 1 fully saturated rings. The molecule has 0 bridgehead atoms. The van der Waals surface area contributed by atoms with Crippen LogP contribution in [0, 0.1) is 0 Å². The molecule has 0 amide bonds. The summed E-state index contributed by atoms with van der Waals surface area (Å²) in [5.41, 5.74) is 0.146. The lowest BCUT2D eigenvalue weighted by atomic mass is 9.88. The number of guanidine groups is 1. The molecule has 25 heavy (non-hydrogen) atoms. The van der Waals surface area contributed by atoms with Crippen molar-refractivity contribution in [2.45, 2.75) is 45.2 Å². The van der Waals surface area contributed by atoms with Gasteiger partial charge in [-0.05, 0) is 52.4 Å². The maximum atomic E-state index is 5.55. The van der Waals surface area contributed by atoms with Crippen LogP contribution in [0.3, 0.4) is 0 Å². The molecule has 0 radical (unpaired) electrons. The van der Waals surface area contributed by atoms with Gasteiger partial charge in [-0.2, -0.15) is 0 Å². The molecule has 0 spiro atoms. The average Bonchev–Trinajstić information content (AvgIpc) is 3.06. The Balaban J connectivity index is 0.00000312. The molecule has 1 aliphatic heterocycles. The fourth-order valence-corrected chi connectivity index (χ4v) is 3.86. The van der Waals surface area contributed by atoms with Gasteiger partial charge in [0, 0.05) is 41.6 Å². The summed E-state index contributed by atoms with van der Waals surface area (Å²) in [6, 6.07) is 4.40. The second-order valence-corrected chi connectivity index (χ2v) is 7.75. The van der Waals surface area contributed by atoms with Gasteiger partial charge < -0.3 is 20.3 Å². The van der Waals surface area contributed by atoms with Crippen LogP contribution in [-0.2, 0) is 17.7 Å². The van der Waals surface area contributed by atoms with Gasteiger partial charge in [-0.15, -0.1) is 35.3 Å². The second-order valence-electron chi connectivity index (χ2n) is 6.50. The van der Waals surface area contributed by atoms with Crippen molar-refractivity contribution in [3.05, 3.63) is 21.9 Å². The molecule has 0 aliphatic carbocycles. The number of thiophene rings is 1. The maximum absolute atomic E-state index is 5.55. The van der Waals surface area contributed by atoms with E-state index in [2.05, 4.69) is 55.6 Å². The summed E-state index contributed by atoms with van der Waals surface area (Å²) in [5, 5.41) is 6.91. The van der Waals surface area contributed by atoms with Gasteiger partial charge in [0.25, 0.3) is 0 Å². The topological polar surface area (TPSA) is 48.9 Å².